The van der Waals surface area contributed by atoms with E-state index < -0.39 is 5.92 Å². The molecule has 0 unspecified atom stereocenters. The Balaban J connectivity index is 1.96. The van der Waals surface area contributed by atoms with Gasteiger partial charge in [-0.15, -0.1) is 0 Å². The highest BCUT2D eigenvalue weighted by Crippen LogP contribution is 2.26. The molecule has 0 aliphatic carbocycles. The van der Waals surface area contributed by atoms with Gasteiger partial charge in [0, 0.05) is 20.3 Å². The van der Waals surface area contributed by atoms with E-state index >= 15 is 0 Å². The molecule has 0 atom stereocenters. The zero-order valence-corrected chi connectivity index (χ0v) is 6.65. The van der Waals surface area contributed by atoms with Crippen LogP contribution in [0.15, 0.2) is 0 Å². The molecule has 1 aliphatic heterocycles. The van der Waals surface area contributed by atoms with Gasteiger partial charge < -0.3 is 4.74 Å². The first-order chi connectivity index (χ1) is 5.14. The van der Waals surface area contributed by atoms with Gasteiger partial charge in [0.15, 0.2) is 0 Å². The van der Waals surface area contributed by atoms with E-state index in [-0.39, 0.29) is 13.1 Å². The molecule has 0 aromatic carbocycles. The fourth-order valence-corrected chi connectivity index (χ4v) is 1.20. The van der Waals surface area contributed by atoms with Gasteiger partial charge in [0.2, 0.25) is 0 Å². The first-order valence-electron chi connectivity index (χ1n) is 3.73. The number of alkyl halides is 2. The average molecular weight is 165 g/mol. The third-order valence-corrected chi connectivity index (χ3v) is 1.73. The number of hydrogen-bond donors (Lipinski definition) is 0. The van der Waals surface area contributed by atoms with Crippen LogP contribution in [0, 0.1) is 0 Å². The van der Waals surface area contributed by atoms with Crippen molar-refractivity contribution in [3.63, 3.8) is 0 Å². The molecule has 0 saturated carbocycles. The monoisotopic (exact) mass is 165 g/mol. The minimum Gasteiger partial charge on any atom is -0.385 e. The summed E-state index contributed by atoms with van der Waals surface area (Å²) in [7, 11) is 1.62. The maximum atomic E-state index is 12.2. The maximum absolute atomic E-state index is 12.2. The normalized spacial score (nSPS) is 23.2. The van der Waals surface area contributed by atoms with E-state index in [0.29, 0.717) is 6.61 Å². The molecule has 1 aliphatic rings. The lowest BCUT2D eigenvalue weighted by Gasteiger charge is -2.38. The van der Waals surface area contributed by atoms with Gasteiger partial charge in [-0.05, 0) is 6.42 Å². The number of nitrogens with zero attached hydrogens (tertiary/aromatic N) is 1. The van der Waals surface area contributed by atoms with E-state index in [4.69, 9.17) is 4.74 Å². The molecule has 2 nitrogen and oxygen atoms in total. The predicted molar refractivity (Wildman–Crippen MR) is 37.9 cm³/mol. The average Bonchev–Trinajstić information content (AvgIpc) is 1.84. The zero-order chi connectivity index (χ0) is 8.32. The molecule has 0 N–H and O–H groups in total. The Morgan fingerprint density at radius 3 is 2.55 bits per heavy atom. The molecule has 1 saturated heterocycles. The summed E-state index contributed by atoms with van der Waals surface area (Å²) < 4.78 is 29.2. The zero-order valence-electron chi connectivity index (χ0n) is 6.65. The molecular formula is C7H13F2NO. The Labute approximate surface area is 65.1 Å². The van der Waals surface area contributed by atoms with Crippen LogP contribution in [0.2, 0.25) is 0 Å². The summed E-state index contributed by atoms with van der Waals surface area (Å²) in [5.74, 6) is -2.42. The van der Waals surface area contributed by atoms with E-state index in [1.807, 2.05) is 0 Å². The number of rotatable bonds is 4. The second-order valence-electron chi connectivity index (χ2n) is 2.91. The first kappa shape index (κ1) is 8.87. The van der Waals surface area contributed by atoms with Crippen LogP contribution in [0.4, 0.5) is 8.78 Å². The van der Waals surface area contributed by atoms with Gasteiger partial charge in [0.1, 0.15) is 0 Å². The highest BCUT2D eigenvalue weighted by Gasteiger charge is 2.42. The van der Waals surface area contributed by atoms with E-state index in [1.54, 1.807) is 12.0 Å². The van der Waals surface area contributed by atoms with Gasteiger partial charge >= 0.3 is 0 Å². The quantitative estimate of drug-likeness (QED) is 0.575. The molecule has 0 radical (unpaired) electrons. The number of halogens is 2. The smallest absolute Gasteiger partial charge is 0.272 e. The lowest BCUT2D eigenvalue weighted by molar-refractivity contribution is -0.131. The summed E-state index contributed by atoms with van der Waals surface area (Å²) >= 11 is 0. The summed E-state index contributed by atoms with van der Waals surface area (Å²) in [4.78, 5) is 1.74. The second-order valence-corrected chi connectivity index (χ2v) is 2.91. The van der Waals surface area contributed by atoms with Gasteiger partial charge in [0.05, 0.1) is 13.1 Å². The third kappa shape index (κ3) is 2.71. The molecule has 0 aromatic rings. The van der Waals surface area contributed by atoms with Crippen molar-refractivity contribution in [1.29, 1.82) is 0 Å². The fraction of sp³-hybridized carbons (Fsp3) is 1.00. The Hall–Kier alpha value is -0.220. The lowest BCUT2D eigenvalue weighted by atomic mass is 10.1. The van der Waals surface area contributed by atoms with Crippen molar-refractivity contribution in [1.82, 2.24) is 4.90 Å². The standard InChI is InChI=1S/C7H13F2NO/c1-11-4-2-3-10-5-7(8,9)6-10/h2-6H2,1H3. The van der Waals surface area contributed by atoms with Crippen molar-refractivity contribution in [3.8, 4) is 0 Å². The minimum atomic E-state index is -2.42. The summed E-state index contributed by atoms with van der Waals surface area (Å²) in [5.41, 5.74) is 0. The van der Waals surface area contributed by atoms with Crippen molar-refractivity contribution in [2.24, 2.45) is 0 Å². The van der Waals surface area contributed by atoms with Crippen LogP contribution in [0.3, 0.4) is 0 Å². The highest BCUT2D eigenvalue weighted by molar-refractivity contribution is 4.86. The van der Waals surface area contributed by atoms with Crippen LogP contribution in [0.5, 0.6) is 0 Å². The molecule has 66 valence electrons. The maximum Gasteiger partial charge on any atom is 0.272 e. The van der Waals surface area contributed by atoms with Crippen molar-refractivity contribution in [2.75, 3.05) is 33.4 Å². The van der Waals surface area contributed by atoms with Crippen LogP contribution < -0.4 is 0 Å². The topological polar surface area (TPSA) is 12.5 Å². The molecule has 1 rings (SSSR count). The van der Waals surface area contributed by atoms with Gasteiger partial charge in [-0.25, -0.2) is 8.78 Å². The number of ether oxygens (including phenoxy) is 1. The van der Waals surface area contributed by atoms with E-state index in [0.717, 1.165) is 13.0 Å². The predicted octanol–water partition coefficient (Wildman–Crippen LogP) is 0.974. The van der Waals surface area contributed by atoms with Crippen LogP contribution in [-0.4, -0.2) is 44.2 Å². The summed E-state index contributed by atoms with van der Waals surface area (Å²) in [6, 6.07) is 0. The van der Waals surface area contributed by atoms with Crippen LogP contribution in [0.1, 0.15) is 6.42 Å². The summed E-state index contributed by atoms with van der Waals surface area (Å²) in [5, 5.41) is 0. The van der Waals surface area contributed by atoms with Gasteiger partial charge in [-0.2, -0.15) is 0 Å². The SMILES string of the molecule is COCCCN1CC(F)(F)C1. The van der Waals surface area contributed by atoms with Gasteiger partial charge in [0.25, 0.3) is 5.92 Å². The Kier molecular flexibility index (Phi) is 2.78. The highest BCUT2D eigenvalue weighted by atomic mass is 19.3. The molecule has 1 heterocycles. The molecule has 4 heteroatoms. The van der Waals surface area contributed by atoms with Gasteiger partial charge in [-0.3, -0.25) is 4.90 Å². The van der Waals surface area contributed by atoms with Crippen LogP contribution in [0.25, 0.3) is 0 Å². The van der Waals surface area contributed by atoms with Gasteiger partial charge in [-0.1, -0.05) is 0 Å². The molecule has 0 aromatic heterocycles. The van der Waals surface area contributed by atoms with E-state index in [2.05, 4.69) is 0 Å². The minimum absolute atomic E-state index is 0.0727. The molecule has 1 fully saturated rings. The molecule has 11 heavy (non-hydrogen) atoms. The first-order valence-corrected chi connectivity index (χ1v) is 3.73. The van der Waals surface area contributed by atoms with Crippen molar-refractivity contribution in [2.45, 2.75) is 12.3 Å². The van der Waals surface area contributed by atoms with E-state index in [1.165, 1.54) is 0 Å². The largest absolute Gasteiger partial charge is 0.385 e. The van der Waals surface area contributed by atoms with Crippen molar-refractivity contribution >= 4 is 0 Å². The molecular weight excluding hydrogens is 152 g/mol. The Bertz CT molecular complexity index is 122. The van der Waals surface area contributed by atoms with E-state index in [9.17, 15) is 8.78 Å². The Morgan fingerprint density at radius 1 is 1.45 bits per heavy atom. The molecule has 0 bridgehead atoms. The third-order valence-electron chi connectivity index (χ3n) is 1.73. The lowest BCUT2D eigenvalue weighted by Crippen LogP contribution is -2.56. The second kappa shape index (κ2) is 3.45. The van der Waals surface area contributed by atoms with Crippen molar-refractivity contribution in [3.05, 3.63) is 0 Å². The molecule has 0 spiro atoms. The fourth-order valence-electron chi connectivity index (χ4n) is 1.20. The van der Waals surface area contributed by atoms with Crippen molar-refractivity contribution < 1.29 is 13.5 Å². The number of hydrogen-bond acceptors (Lipinski definition) is 2. The number of methoxy groups -OCH3 is 1. The van der Waals surface area contributed by atoms with Crippen LogP contribution in [-0.2, 0) is 4.74 Å². The number of likely N-dealkylation sites (tertiary alicyclic amines) is 1. The Morgan fingerprint density at radius 2 is 2.09 bits per heavy atom. The summed E-state index contributed by atoms with van der Waals surface area (Å²) in [6.07, 6.45) is 0.840. The molecule has 0 amide bonds. The van der Waals surface area contributed by atoms with Crippen LogP contribution >= 0.6 is 0 Å². The summed E-state index contributed by atoms with van der Waals surface area (Å²) in [6.45, 7) is 1.24.